The number of hydrogen-bond donors (Lipinski definition) is 0. The van der Waals surface area contributed by atoms with E-state index in [1.165, 1.54) is 12.1 Å². The molecular formula is C25H26ClFN2O3. The number of furan rings is 1. The molecule has 2 heterocycles. The van der Waals surface area contributed by atoms with Gasteiger partial charge in [0.05, 0.1) is 0 Å². The van der Waals surface area contributed by atoms with E-state index < -0.39 is 0 Å². The highest BCUT2D eigenvalue weighted by Crippen LogP contribution is 2.21. The van der Waals surface area contributed by atoms with Crippen LogP contribution in [-0.2, 0) is 13.2 Å². The van der Waals surface area contributed by atoms with Crippen LogP contribution in [0.15, 0.2) is 52.9 Å². The van der Waals surface area contributed by atoms with Gasteiger partial charge in [0.25, 0.3) is 5.91 Å². The molecular weight excluding hydrogens is 431 g/mol. The van der Waals surface area contributed by atoms with Gasteiger partial charge in [0.2, 0.25) is 0 Å². The third-order valence-electron chi connectivity index (χ3n) is 5.52. The molecule has 1 aliphatic heterocycles. The van der Waals surface area contributed by atoms with Crippen LogP contribution in [0.25, 0.3) is 0 Å². The number of halogens is 2. The van der Waals surface area contributed by atoms with Crippen molar-refractivity contribution >= 4 is 17.5 Å². The first-order chi connectivity index (χ1) is 15.4. The Balaban J connectivity index is 1.29. The summed E-state index contributed by atoms with van der Waals surface area (Å²) in [5.41, 5.74) is 3.15. The van der Waals surface area contributed by atoms with Crippen molar-refractivity contribution in [2.75, 3.05) is 26.2 Å². The highest BCUT2D eigenvalue weighted by molar-refractivity contribution is 6.31. The van der Waals surface area contributed by atoms with Crippen LogP contribution in [0.3, 0.4) is 0 Å². The molecule has 0 unspecified atom stereocenters. The molecule has 1 saturated heterocycles. The Morgan fingerprint density at radius 3 is 2.44 bits per heavy atom. The van der Waals surface area contributed by atoms with E-state index in [-0.39, 0.29) is 18.3 Å². The number of amides is 1. The number of benzene rings is 2. The summed E-state index contributed by atoms with van der Waals surface area (Å²) in [6.45, 7) is 7.55. The van der Waals surface area contributed by atoms with Gasteiger partial charge in [-0.2, -0.15) is 0 Å². The Morgan fingerprint density at radius 1 is 1.03 bits per heavy atom. The molecule has 32 heavy (non-hydrogen) atoms. The zero-order valence-corrected chi connectivity index (χ0v) is 19.0. The maximum absolute atomic E-state index is 13.2. The number of carbonyl (C=O) groups is 1. The lowest BCUT2D eigenvalue weighted by molar-refractivity contribution is 0.0594. The van der Waals surface area contributed by atoms with E-state index in [0.717, 1.165) is 22.4 Å². The van der Waals surface area contributed by atoms with Gasteiger partial charge in [0.15, 0.2) is 5.76 Å². The van der Waals surface area contributed by atoms with Crippen molar-refractivity contribution in [1.29, 1.82) is 0 Å². The zero-order valence-electron chi connectivity index (χ0n) is 18.2. The zero-order chi connectivity index (χ0) is 22.7. The smallest absolute Gasteiger partial charge is 0.289 e. The summed E-state index contributed by atoms with van der Waals surface area (Å²) < 4.78 is 24.8. The van der Waals surface area contributed by atoms with E-state index in [0.29, 0.717) is 49.3 Å². The Kier molecular flexibility index (Phi) is 6.82. The molecule has 0 spiro atoms. The second-order valence-corrected chi connectivity index (χ2v) is 8.59. The maximum atomic E-state index is 13.2. The number of aryl methyl sites for hydroxylation is 2. The maximum Gasteiger partial charge on any atom is 0.289 e. The van der Waals surface area contributed by atoms with E-state index in [1.54, 1.807) is 23.1 Å². The van der Waals surface area contributed by atoms with E-state index in [2.05, 4.69) is 11.0 Å². The number of hydrogen-bond acceptors (Lipinski definition) is 4. The average molecular weight is 457 g/mol. The fourth-order valence-electron chi connectivity index (χ4n) is 3.90. The van der Waals surface area contributed by atoms with Crippen molar-refractivity contribution in [3.63, 3.8) is 0 Å². The molecule has 2 aromatic carbocycles. The van der Waals surface area contributed by atoms with Gasteiger partial charge >= 0.3 is 0 Å². The van der Waals surface area contributed by atoms with Gasteiger partial charge in [0.1, 0.15) is 23.9 Å². The Labute approximate surface area is 192 Å². The molecule has 0 atom stereocenters. The molecule has 0 bridgehead atoms. The fourth-order valence-corrected chi connectivity index (χ4v) is 4.12. The molecule has 0 radical (unpaired) electrons. The fraction of sp³-hybridized carbons (Fsp3) is 0.320. The van der Waals surface area contributed by atoms with Gasteiger partial charge in [-0.25, -0.2) is 4.39 Å². The SMILES string of the molecule is Cc1cc(C)cc(OCc2ccc(C(=O)N3CCN(Cc4ccc(F)cc4Cl)CC3)o2)c1. The van der Waals surface area contributed by atoms with Crippen LogP contribution in [0.2, 0.25) is 5.02 Å². The normalized spacial score (nSPS) is 14.6. The van der Waals surface area contributed by atoms with Gasteiger partial charge in [0, 0.05) is 37.7 Å². The van der Waals surface area contributed by atoms with E-state index in [1.807, 2.05) is 26.0 Å². The number of nitrogens with zero attached hydrogens (tertiary/aromatic N) is 2. The lowest BCUT2D eigenvalue weighted by atomic mass is 10.1. The van der Waals surface area contributed by atoms with E-state index in [9.17, 15) is 9.18 Å². The number of ether oxygens (including phenoxy) is 1. The molecule has 1 fully saturated rings. The van der Waals surface area contributed by atoms with Gasteiger partial charge in [-0.3, -0.25) is 9.69 Å². The minimum Gasteiger partial charge on any atom is -0.486 e. The highest BCUT2D eigenvalue weighted by atomic mass is 35.5. The molecule has 168 valence electrons. The molecule has 1 amide bonds. The summed E-state index contributed by atoms with van der Waals surface area (Å²) in [5.74, 6) is 1.24. The van der Waals surface area contributed by atoms with Gasteiger partial charge < -0.3 is 14.1 Å². The van der Waals surface area contributed by atoms with Crippen LogP contribution < -0.4 is 4.74 Å². The van der Waals surface area contributed by atoms with Crippen molar-refractivity contribution in [2.45, 2.75) is 27.0 Å². The number of rotatable bonds is 6. The topological polar surface area (TPSA) is 45.9 Å². The third-order valence-corrected chi connectivity index (χ3v) is 5.87. The summed E-state index contributed by atoms with van der Waals surface area (Å²) in [4.78, 5) is 16.8. The molecule has 3 aromatic rings. The van der Waals surface area contributed by atoms with Crippen LogP contribution in [-0.4, -0.2) is 41.9 Å². The van der Waals surface area contributed by atoms with Gasteiger partial charge in [-0.1, -0.05) is 23.7 Å². The summed E-state index contributed by atoms with van der Waals surface area (Å²) in [6.07, 6.45) is 0. The van der Waals surface area contributed by atoms with Crippen LogP contribution in [0, 0.1) is 19.7 Å². The molecule has 1 aromatic heterocycles. The van der Waals surface area contributed by atoms with Gasteiger partial charge in [-0.15, -0.1) is 0 Å². The second-order valence-electron chi connectivity index (χ2n) is 8.18. The largest absolute Gasteiger partial charge is 0.486 e. The summed E-state index contributed by atoms with van der Waals surface area (Å²) in [6, 6.07) is 14.0. The molecule has 0 N–H and O–H groups in total. The first-order valence-electron chi connectivity index (χ1n) is 10.6. The predicted octanol–water partition coefficient (Wildman–Crippen LogP) is 5.23. The minimum absolute atomic E-state index is 0.123. The van der Waals surface area contributed by atoms with Crippen LogP contribution in [0.1, 0.15) is 33.0 Å². The molecule has 0 saturated carbocycles. The number of piperazine rings is 1. The highest BCUT2D eigenvalue weighted by Gasteiger charge is 2.24. The molecule has 0 aliphatic carbocycles. The average Bonchev–Trinajstić information content (AvgIpc) is 3.23. The lowest BCUT2D eigenvalue weighted by Crippen LogP contribution is -2.48. The standard InChI is InChI=1S/C25H26ClFN2O3/c1-17-11-18(2)13-22(12-17)31-16-21-5-6-24(32-21)25(30)29-9-7-28(8-10-29)15-19-3-4-20(27)14-23(19)26/h3-6,11-14H,7-10,15-16H2,1-2H3. The Hall–Kier alpha value is -2.83. The van der Waals surface area contributed by atoms with Crippen molar-refractivity contribution in [3.8, 4) is 5.75 Å². The monoisotopic (exact) mass is 456 g/mol. The van der Waals surface area contributed by atoms with Crippen molar-refractivity contribution < 1.29 is 18.3 Å². The van der Waals surface area contributed by atoms with Gasteiger partial charge in [-0.05, 0) is 66.9 Å². The quantitative estimate of drug-likeness (QED) is 0.509. The summed E-state index contributed by atoms with van der Waals surface area (Å²) in [5, 5.41) is 0.426. The molecule has 7 heteroatoms. The third kappa shape index (κ3) is 5.50. The van der Waals surface area contributed by atoms with E-state index >= 15 is 0 Å². The first-order valence-corrected chi connectivity index (χ1v) is 11.0. The number of carbonyl (C=O) groups excluding carboxylic acids is 1. The van der Waals surface area contributed by atoms with Crippen molar-refractivity contribution in [2.24, 2.45) is 0 Å². The molecule has 4 rings (SSSR count). The Bertz CT molecular complexity index is 1090. The predicted molar refractivity (Wildman–Crippen MR) is 122 cm³/mol. The molecule has 5 nitrogen and oxygen atoms in total. The van der Waals surface area contributed by atoms with Crippen LogP contribution in [0.5, 0.6) is 5.75 Å². The van der Waals surface area contributed by atoms with Crippen molar-refractivity contribution in [1.82, 2.24) is 9.80 Å². The van der Waals surface area contributed by atoms with Crippen LogP contribution >= 0.6 is 11.6 Å². The minimum atomic E-state index is -0.341. The first kappa shape index (κ1) is 22.4. The Morgan fingerprint density at radius 2 is 1.75 bits per heavy atom. The lowest BCUT2D eigenvalue weighted by Gasteiger charge is -2.34. The van der Waals surface area contributed by atoms with E-state index in [4.69, 9.17) is 20.8 Å². The summed E-state index contributed by atoms with van der Waals surface area (Å²) >= 11 is 6.14. The van der Waals surface area contributed by atoms with Crippen molar-refractivity contribution in [3.05, 3.63) is 87.6 Å². The summed E-state index contributed by atoms with van der Waals surface area (Å²) in [7, 11) is 0. The molecule has 1 aliphatic rings. The van der Waals surface area contributed by atoms with Crippen LogP contribution in [0.4, 0.5) is 4.39 Å². The second kappa shape index (κ2) is 9.76.